The van der Waals surface area contributed by atoms with Gasteiger partial charge in [0.05, 0.1) is 6.10 Å². The Bertz CT molecular complexity index is 559. The van der Waals surface area contributed by atoms with Crippen LogP contribution >= 0.6 is 0 Å². The Kier molecular flexibility index (Phi) is 5.83. The molecule has 1 aromatic heterocycles. The molecular weight excluding hydrogens is 260 g/mol. The van der Waals surface area contributed by atoms with E-state index in [1.54, 1.807) is 7.11 Å². The predicted octanol–water partition coefficient (Wildman–Crippen LogP) is 3.46. The first-order valence-corrected chi connectivity index (χ1v) is 7.92. The van der Waals surface area contributed by atoms with E-state index in [0.717, 1.165) is 26.1 Å². The Hall–Kier alpha value is -1.32. The van der Waals surface area contributed by atoms with Crippen LogP contribution in [0.15, 0.2) is 30.5 Å². The van der Waals surface area contributed by atoms with E-state index in [0.29, 0.717) is 5.92 Å². The predicted molar refractivity (Wildman–Crippen MR) is 89.8 cm³/mol. The fourth-order valence-electron chi connectivity index (χ4n) is 2.64. The lowest BCUT2D eigenvalue weighted by Gasteiger charge is -2.11. The molecule has 0 aliphatic carbocycles. The summed E-state index contributed by atoms with van der Waals surface area (Å²) in [7, 11) is 1.77. The summed E-state index contributed by atoms with van der Waals surface area (Å²) in [6, 6.07) is 8.65. The first-order valence-electron chi connectivity index (χ1n) is 7.92. The maximum atomic E-state index is 5.40. The van der Waals surface area contributed by atoms with Crippen molar-refractivity contribution in [3.05, 3.63) is 36.0 Å². The van der Waals surface area contributed by atoms with E-state index in [1.165, 1.54) is 16.5 Å². The van der Waals surface area contributed by atoms with Crippen molar-refractivity contribution in [2.24, 2.45) is 5.92 Å². The van der Waals surface area contributed by atoms with E-state index in [4.69, 9.17) is 4.74 Å². The largest absolute Gasteiger partial charge is 0.380 e. The highest BCUT2D eigenvalue weighted by Gasteiger charge is 2.10. The zero-order valence-corrected chi connectivity index (χ0v) is 13.7. The van der Waals surface area contributed by atoms with Crippen LogP contribution < -0.4 is 5.32 Å². The lowest BCUT2D eigenvalue weighted by molar-refractivity contribution is 0.104. The number of ether oxygens (including phenoxy) is 1. The quantitative estimate of drug-likeness (QED) is 0.753. The summed E-state index contributed by atoms with van der Waals surface area (Å²) >= 11 is 0. The number of methoxy groups -OCH3 is 1. The highest BCUT2D eigenvalue weighted by atomic mass is 16.5. The van der Waals surface area contributed by atoms with Crippen molar-refractivity contribution in [2.75, 3.05) is 20.2 Å². The van der Waals surface area contributed by atoms with E-state index in [2.05, 4.69) is 61.1 Å². The monoisotopic (exact) mass is 288 g/mol. The summed E-state index contributed by atoms with van der Waals surface area (Å²) in [5.41, 5.74) is 2.73. The molecule has 0 radical (unpaired) electrons. The molecule has 0 spiro atoms. The Morgan fingerprint density at radius 2 is 1.95 bits per heavy atom. The average Bonchev–Trinajstić information content (AvgIpc) is 2.82. The number of rotatable bonds is 8. The van der Waals surface area contributed by atoms with Crippen LogP contribution in [0.4, 0.5) is 0 Å². The summed E-state index contributed by atoms with van der Waals surface area (Å²) in [5, 5.41) is 4.89. The fourth-order valence-corrected chi connectivity index (χ4v) is 2.64. The van der Waals surface area contributed by atoms with Gasteiger partial charge in [0.1, 0.15) is 0 Å². The number of fused-ring (bicyclic) bond motifs is 1. The van der Waals surface area contributed by atoms with Crippen LogP contribution in [0, 0.1) is 5.92 Å². The molecule has 1 heterocycles. The van der Waals surface area contributed by atoms with Crippen molar-refractivity contribution in [3.8, 4) is 0 Å². The van der Waals surface area contributed by atoms with Gasteiger partial charge in [0.2, 0.25) is 0 Å². The number of nitrogens with zero attached hydrogens (tertiary/aromatic N) is 1. The smallest absolute Gasteiger partial charge is 0.0722 e. The molecule has 0 saturated carbocycles. The molecule has 2 aromatic rings. The van der Waals surface area contributed by atoms with Gasteiger partial charge in [0, 0.05) is 30.8 Å². The Morgan fingerprint density at radius 3 is 2.67 bits per heavy atom. The van der Waals surface area contributed by atoms with Crippen molar-refractivity contribution in [2.45, 2.75) is 39.8 Å². The molecule has 1 atom stereocenters. The van der Waals surface area contributed by atoms with Gasteiger partial charge in [-0.1, -0.05) is 32.0 Å². The lowest BCUT2D eigenvalue weighted by Crippen LogP contribution is -2.22. The summed E-state index contributed by atoms with van der Waals surface area (Å²) in [4.78, 5) is 0. The topological polar surface area (TPSA) is 26.2 Å². The van der Waals surface area contributed by atoms with Crippen LogP contribution in [0.5, 0.6) is 0 Å². The number of benzene rings is 1. The number of hydrogen-bond acceptors (Lipinski definition) is 2. The first-order chi connectivity index (χ1) is 10.1. The fraction of sp³-hybridized carbons (Fsp3) is 0.556. The van der Waals surface area contributed by atoms with Crippen LogP contribution in [0.2, 0.25) is 0 Å². The minimum Gasteiger partial charge on any atom is -0.380 e. The first kappa shape index (κ1) is 16.1. The third kappa shape index (κ3) is 4.32. The van der Waals surface area contributed by atoms with Crippen molar-refractivity contribution in [1.82, 2.24) is 9.88 Å². The highest BCUT2D eigenvalue weighted by molar-refractivity contribution is 5.84. The summed E-state index contributed by atoms with van der Waals surface area (Å²) in [5.74, 6) is 0.703. The SMILES string of the molecule is COC(C)Cn1cc(CCNCC(C)C)c2ccccc21. The maximum Gasteiger partial charge on any atom is 0.0722 e. The van der Waals surface area contributed by atoms with Gasteiger partial charge >= 0.3 is 0 Å². The molecule has 0 amide bonds. The normalized spacial score (nSPS) is 13.2. The van der Waals surface area contributed by atoms with Crippen LogP contribution in [0.25, 0.3) is 10.9 Å². The molecule has 0 bridgehead atoms. The lowest BCUT2D eigenvalue weighted by atomic mass is 10.1. The second-order valence-electron chi connectivity index (χ2n) is 6.22. The molecule has 3 heteroatoms. The summed E-state index contributed by atoms with van der Waals surface area (Å²) < 4.78 is 7.72. The molecule has 1 unspecified atom stereocenters. The van der Waals surface area contributed by atoms with Gasteiger partial charge in [-0.15, -0.1) is 0 Å². The molecular formula is C18H28N2O. The molecule has 116 valence electrons. The number of para-hydroxylation sites is 1. The number of nitrogens with one attached hydrogen (secondary N) is 1. The molecule has 2 rings (SSSR count). The van der Waals surface area contributed by atoms with Gasteiger partial charge in [-0.3, -0.25) is 0 Å². The average molecular weight is 288 g/mol. The van der Waals surface area contributed by atoms with Gasteiger partial charge in [0.25, 0.3) is 0 Å². The van der Waals surface area contributed by atoms with E-state index in [9.17, 15) is 0 Å². The van der Waals surface area contributed by atoms with Crippen molar-refractivity contribution >= 4 is 10.9 Å². The van der Waals surface area contributed by atoms with Gasteiger partial charge in [0.15, 0.2) is 0 Å². The molecule has 1 N–H and O–H groups in total. The molecule has 0 fully saturated rings. The van der Waals surface area contributed by atoms with Crippen LogP contribution in [0.1, 0.15) is 26.3 Å². The van der Waals surface area contributed by atoms with Gasteiger partial charge < -0.3 is 14.6 Å². The standard InChI is InChI=1S/C18H28N2O/c1-14(2)11-19-10-9-16-13-20(12-15(3)21-4)18-8-6-5-7-17(16)18/h5-8,13-15,19H,9-12H2,1-4H3. The third-order valence-corrected chi connectivity index (χ3v) is 3.85. The zero-order chi connectivity index (χ0) is 15.2. The Morgan fingerprint density at radius 1 is 1.19 bits per heavy atom. The molecule has 0 aliphatic rings. The van der Waals surface area contributed by atoms with Crippen LogP contribution in [-0.4, -0.2) is 30.9 Å². The molecule has 1 aromatic carbocycles. The van der Waals surface area contributed by atoms with Crippen molar-refractivity contribution in [1.29, 1.82) is 0 Å². The zero-order valence-electron chi connectivity index (χ0n) is 13.7. The highest BCUT2D eigenvalue weighted by Crippen LogP contribution is 2.22. The second kappa shape index (κ2) is 7.62. The van der Waals surface area contributed by atoms with Gasteiger partial charge in [-0.2, -0.15) is 0 Å². The van der Waals surface area contributed by atoms with E-state index >= 15 is 0 Å². The van der Waals surface area contributed by atoms with Gasteiger partial charge in [-0.25, -0.2) is 0 Å². The molecule has 3 nitrogen and oxygen atoms in total. The minimum absolute atomic E-state index is 0.229. The maximum absolute atomic E-state index is 5.40. The van der Waals surface area contributed by atoms with Crippen molar-refractivity contribution < 1.29 is 4.74 Å². The molecule has 0 aliphatic heterocycles. The van der Waals surface area contributed by atoms with E-state index < -0.39 is 0 Å². The second-order valence-corrected chi connectivity index (χ2v) is 6.22. The molecule has 21 heavy (non-hydrogen) atoms. The number of hydrogen-bond donors (Lipinski definition) is 1. The van der Waals surface area contributed by atoms with Crippen LogP contribution in [0.3, 0.4) is 0 Å². The molecule has 0 saturated heterocycles. The van der Waals surface area contributed by atoms with Gasteiger partial charge in [-0.05, 0) is 44.0 Å². The Labute approximate surface area is 128 Å². The van der Waals surface area contributed by atoms with Crippen LogP contribution in [-0.2, 0) is 17.7 Å². The Balaban J connectivity index is 2.12. The third-order valence-electron chi connectivity index (χ3n) is 3.85. The summed E-state index contributed by atoms with van der Waals surface area (Å²) in [6.45, 7) is 9.61. The van der Waals surface area contributed by atoms with Crippen molar-refractivity contribution in [3.63, 3.8) is 0 Å². The number of aromatic nitrogens is 1. The summed E-state index contributed by atoms with van der Waals surface area (Å²) in [6.07, 6.45) is 3.59. The minimum atomic E-state index is 0.229. The van der Waals surface area contributed by atoms with E-state index in [-0.39, 0.29) is 6.10 Å². The van der Waals surface area contributed by atoms with E-state index in [1.807, 2.05) is 0 Å².